The fourth-order valence-corrected chi connectivity index (χ4v) is 1.30. The number of rotatable bonds is 1. The number of hydrogen-bond donors (Lipinski definition) is 0. The van der Waals surface area contributed by atoms with E-state index in [0.717, 1.165) is 16.0 Å². The maximum atomic E-state index is 4.10. The molecule has 0 saturated carbocycles. The molecule has 2 rings (SSSR count). The Hall–Kier alpha value is -1.30. The average Bonchev–Trinajstić information content (AvgIpc) is 2.51. The maximum Gasteiger partial charge on any atom is 0.117 e. The molecule has 0 aliphatic heterocycles. The SMILES string of the molecule is Cn1nncc1-c1cc(Br)ncn1. The van der Waals surface area contributed by atoms with E-state index in [-0.39, 0.29) is 0 Å². The number of hydrogen-bond acceptors (Lipinski definition) is 4. The minimum Gasteiger partial charge on any atom is -0.246 e. The molecule has 0 N–H and O–H groups in total. The van der Waals surface area contributed by atoms with Crippen molar-refractivity contribution in [2.45, 2.75) is 0 Å². The lowest BCUT2D eigenvalue weighted by atomic mass is 10.3. The normalized spacial score (nSPS) is 10.3. The molecule has 2 heterocycles. The first-order valence-electron chi connectivity index (χ1n) is 3.60. The lowest BCUT2D eigenvalue weighted by Crippen LogP contribution is -1.95. The van der Waals surface area contributed by atoms with Crippen LogP contribution in [0.1, 0.15) is 0 Å². The molecule has 0 fully saturated rings. The third-order valence-electron chi connectivity index (χ3n) is 1.61. The highest BCUT2D eigenvalue weighted by Gasteiger charge is 2.04. The summed E-state index contributed by atoms with van der Waals surface area (Å²) in [7, 11) is 1.82. The second kappa shape index (κ2) is 3.21. The van der Waals surface area contributed by atoms with Crippen LogP contribution in [0.2, 0.25) is 0 Å². The first kappa shape index (κ1) is 8.31. The molecule has 0 aromatic carbocycles. The Morgan fingerprint density at radius 3 is 2.85 bits per heavy atom. The molecule has 0 aliphatic carbocycles. The monoisotopic (exact) mass is 239 g/mol. The van der Waals surface area contributed by atoms with E-state index in [1.807, 2.05) is 13.1 Å². The van der Waals surface area contributed by atoms with E-state index < -0.39 is 0 Å². The predicted octanol–water partition coefficient (Wildman–Crippen LogP) is 1.03. The van der Waals surface area contributed by atoms with Crippen molar-refractivity contribution in [1.29, 1.82) is 0 Å². The molecule has 0 aliphatic rings. The molecule has 5 nitrogen and oxygen atoms in total. The van der Waals surface area contributed by atoms with Gasteiger partial charge in [0.1, 0.15) is 16.6 Å². The third kappa shape index (κ3) is 1.57. The molecule has 66 valence electrons. The van der Waals surface area contributed by atoms with E-state index in [1.165, 1.54) is 6.33 Å². The molecule has 0 unspecified atom stereocenters. The number of nitrogens with zero attached hydrogens (tertiary/aromatic N) is 5. The van der Waals surface area contributed by atoms with Crippen LogP contribution in [-0.2, 0) is 7.05 Å². The third-order valence-corrected chi connectivity index (χ3v) is 2.04. The van der Waals surface area contributed by atoms with Crippen LogP contribution in [0, 0.1) is 0 Å². The van der Waals surface area contributed by atoms with Crippen LogP contribution in [0.4, 0.5) is 0 Å². The summed E-state index contributed by atoms with van der Waals surface area (Å²) in [6.07, 6.45) is 3.15. The highest BCUT2D eigenvalue weighted by molar-refractivity contribution is 9.10. The molecule has 0 bridgehead atoms. The van der Waals surface area contributed by atoms with Crippen molar-refractivity contribution in [3.05, 3.63) is 23.2 Å². The van der Waals surface area contributed by atoms with Crippen molar-refractivity contribution in [2.24, 2.45) is 7.05 Å². The fourth-order valence-electron chi connectivity index (χ4n) is 0.995. The van der Waals surface area contributed by atoms with Gasteiger partial charge in [0.2, 0.25) is 0 Å². The Bertz CT molecular complexity index is 424. The van der Waals surface area contributed by atoms with Crippen LogP contribution in [0.15, 0.2) is 23.2 Å². The van der Waals surface area contributed by atoms with Gasteiger partial charge in [-0.1, -0.05) is 5.21 Å². The summed E-state index contributed by atoms with van der Waals surface area (Å²) in [5.41, 5.74) is 1.66. The first-order valence-corrected chi connectivity index (χ1v) is 4.39. The van der Waals surface area contributed by atoms with E-state index in [1.54, 1.807) is 10.9 Å². The van der Waals surface area contributed by atoms with Crippen molar-refractivity contribution in [2.75, 3.05) is 0 Å². The predicted molar refractivity (Wildman–Crippen MR) is 49.7 cm³/mol. The molecule has 13 heavy (non-hydrogen) atoms. The number of halogens is 1. The quantitative estimate of drug-likeness (QED) is 0.698. The summed E-state index contributed by atoms with van der Waals surface area (Å²) in [6.45, 7) is 0. The summed E-state index contributed by atoms with van der Waals surface area (Å²) in [5, 5.41) is 7.58. The topological polar surface area (TPSA) is 56.5 Å². The summed E-state index contributed by atoms with van der Waals surface area (Å²) < 4.78 is 2.41. The molecule has 0 amide bonds. The van der Waals surface area contributed by atoms with Crippen LogP contribution in [0.3, 0.4) is 0 Å². The summed E-state index contributed by atoms with van der Waals surface area (Å²) in [5.74, 6) is 0. The van der Waals surface area contributed by atoms with Crippen molar-refractivity contribution in [3.63, 3.8) is 0 Å². The van der Waals surface area contributed by atoms with E-state index in [2.05, 4.69) is 36.2 Å². The second-order valence-electron chi connectivity index (χ2n) is 2.47. The van der Waals surface area contributed by atoms with Gasteiger partial charge in [-0.15, -0.1) is 5.10 Å². The number of aryl methyl sites for hydroxylation is 1. The molecule has 6 heteroatoms. The minimum atomic E-state index is 0.749. The smallest absolute Gasteiger partial charge is 0.117 e. The summed E-state index contributed by atoms with van der Waals surface area (Å²) in [6, 6.07) is 1.82. The largest absolute Gasteiger partial charge is 0.246 e. The van der Waals surface area contributed by atoms with Gasteiger partial charge in [-0.3, -0.25) is 0 Å². The Kier molecular flexibility index (Phi) is 2.05. The highest BCUT2D eigenvalue weighted by atomic mass is 79.9. The van der Waals surface area contributed by atoms with E-state index in [4.69, 9.17) is 0 Å². The molecular formula is C7H6BrN5. The van der Waals surface area contributed by atoms with E-state index in [9.17, 15) is 0 Å². The molecule has 0 radical (unpaired) electrons. The Labute approximate surface area is 83.0 Å². The minimum absolute atomic E-state index is 0.749. The van der Waals surface area contributed by atoms with Gasteiger partial charge in [-0.2, -0.15) is 0 Å². The standard InChI is InChI=1S/C7H6BrN5/c1-13-6(3-11-12-13)5-2-7(8)10-4-9-5/h2-4H,1H3. The van der Waals surface area contributed by atoms with E-state index >= 15 is 0 Å². The molecular weight excluding hydrogens is 234 g/mol. The zero-order valence-electron chi connectivity index (χ0n) is 6.85. The highest BCUT2D eigenvalue weighted by Crippen LogP contribution is 2.16. The number of aromatic nitrogens is 5. The first-order chi connectivity index (χ1) is 6.27. The van der Waals surface area contributed by atoms with Gasteiger partial charge < -0.3 is 0 Å². The Balaban J connectivity index is 2.53. The van der Waals surface area contributed by atoms with Gasteiger partial charge in [0.25, 0.3) is 0 Å². The molecule has 0 saturated heterocycles. The maximum absolute atomic E-state index is 4.10. The van der Waals surface area contributed by atoms with Crippen molar-refractivity contribution < 1.29 is 0 Å². The van der Waals surface area contributed by atoms with E-state index in [0.29, 0.717) is 0 Å². The van der Waals surface area contributed by atoms with Crippen LogP contribution >= 0.6 is 15.9 Å². The van der Waals surface area contributed by atoms with Gasteiger partial charge in [0.15, 0.2) is 0 Å². The van der Waals surface area contributed by atoms with Gasteiger partial charge in [0, 0.05) is 7.05 Å². The van der Waals surface area contributed by atoms with Crippen LogP contribution in [-0.4, -0.2) is 25.0 Å². The fraction of sp³-hybridized carbons (Fsp3) is 0.143. The molecule has 2 aromatic rings. The van der Waals surface area contributed by atoms with Crippen molar-refractivity contribution in [1.82, 2.24) is 25.0 Å². The second-order valence-corrected chi connectivity index (χ2v) is 3.28. The van der Waals surface area contributed by atoms with Crippen LogP contribution in [0.5, 0.6) is 0 Å². The molecule has 2 aromatic heterocycles. The molecule has 0 atom stereocenters. The Morgan fingerprint density at radius 2 is 2.23 bits per heavy atom. The van der Waals surface area contributed by atoms with Gasteiger partial charge in [-0.25, -0.2) is 14.6 Å². The van der Waals surface area contributed by atoms with Gasteiger partial charge in [0.05, 0.1) is 11.9 Å². The van der Waals surface area contributed by atoms with Crippen LogP contribution in [0.25, 0.3) is 11.4 Å². The zero-order chi connectivity index (χ0) is 9.26. The summed E-state index contributed by atoms with van der Waals surface area (Å²) >= 11 is 3.27. The molecule has 0 spiro atoms. The van der Waals surface area contributed by atoms with Crippen molar-refractivity contribution in [3.8, 4) is 11.4 Å². The lowest BCUT2D eigenvalue weighted by Gasteiger charge is -1.98. The zero-order valence-corrected chi connectivity index (χ0v) is 8.43. The summed E-state index contributed by atoms with van der Waals surface area (Å²) in [4.78, 5) is 8.04. The van der Waals surface area contributed by atoms with Crippen LogP contribution < -0.4 is 0 Å². The lowest BCUT2D eigenvalue weighted by molar-refractivity contribution is 0.719. The van der Waals surface area contributed by atoms with Crippen molar-refractivity contribution >= 4 is 15.9 Å². The average molecular weight is 240 g/mol. The Morgan fingerprint density at radius 1 is 1.38 bits per heavy atom. The van der Waals surface area contributed by atoms with Gasteiger partial charge in [-0.05, 0) is 22.0 Å². The van der Waals surface area contributed by atoms with Gasteiger partial charge >= 0.3 is 0 Å².